The molecule has 0 aliphatic carbocycles. The van der Waals surface area contributed by atoms with Crippen molar-refractivity contribution < 1.29 is 4.79 Å². The zero-order valence-electron chi connectivity index (χ0n) is 15.7. The second-order valence-corrected chi connectivity index (χ2v) is 7.62. The van der Waals surface area contributed by atoms with Gasteiger partial charge in [-0.2, -0.15) is 0 Å². The Morgan fingerprint density at radius 1 is 1.00 bits per heavy atom. The molecule has 0 spiro atoms. The summed E-state index contributed by atoms with van der Waals surface area (Å²) in [7, 11) is 0. The molecular formula is C20H22N6OS. The van der Waals surface area contributed by atoms with E-state index in [1.165, 1.54) is 17.3 Å². The molecule has 0 bridgehead atoms. The summed E-state index contributed by atoms with van der Waals surface area (Å²) in [6, 6.07) is 12.2. The Bertz CT molecular complexity index is 919. The lowest BCUT2D eigenvalue weighted by Gasteiger charge is -2.36. The lowest BCUT2D eigenvalue weighted by Crippen LogP contribution is -2.49. The largest absolute Gasteiger partial charge is 0.368 e. The topological polar surface area (TPSA) is 67.2 Å². The van der Waals surface area contributed by atoms with Crippen molar-refractivity contribution >= 4 is 23.4 Å². The number of carbonyl (C=O) groups is 1. The molecule has 7 nitrogen and oxygen atoms in total. The highest BCUT2D eigenvalue weighted by Crippen LogP contribution is 2.21. The van der Waals surface area contributed by atoms with Gasteiger partial charge in [-0.1, -0.05) is 29.5 Å². The third kappa shape index (κ3) is 4.17. The van der Waals surface area contributed by atoms with Crippen LogP contribution in [0.25, 0.3) is 5.69 Å². The molecule has 8 heteroatoms. The normalized spacial score (nSPS) is 14.3. The van der Waals surface area contributed by atoms with Gasteiger partial charge in [0.15, 0.2) is 5.16 Å². The summed E-state index contributed by atoms with van der Waals surface area (Å²) in [5.74, 6) is 0.498. The first kappa shape index (κ1) is 18.5. The van der Waals surface area contributed by atoms with Gasteiger partial charge in [0.05, 0.1) is 5.75 Å². The minimum Gasteiger partial charge on any atom is -0.368 e. The van der Waals surface area contributed by atoms with Crippen LogP contribution in [0, 0.1) is 6.92 Å². The van der Waals surface area contributed by atoms with E-state index < -0.39 is 0 Å². The van der Waals surface area contributed by atoms with Crippen molar-refractivity contribution in [2.24, 2.45) is 0 Å². The molecule has 3 heterocycles. The van der Waals surface area contributed by atoms with Crippen molar-refractivity contribution in [3.05, 3.63) is 60.7 Å². The predicted molar refractivity (Wildman–Crippen MR) is 110 cm³/mol. The van der Waals surface area contributed by atoms with E-state index in [9.17, 15) is 4.79 Å². The van der Waals surface area contributed by atoms with Crippen LogP contribution in [0.1, 0.15) is 5.56 Å². The van der Waals surface area contributed by atoms with Crippen LogP contribution in [-0.4, -0.2) is 62.5 Å². The maximum Gasteiger partial charge on any atom is 0.233 e. The zero-order valence-corrected chi connectivity index (χ0v) is 16.5. The Balaban J connectivity index is 1.32. The summed E-state index contributed by atoms with van der Waals surface area (Å²) in [4.78, 5) is 20.9. The lowest BCUT2D eigenvalue weighted by molar-refractivity contribution is -0.128. The van der Waals surface area contributed by atoms with Gasteiger partial charge < -0.3 is 9.80 Å². The van der Waals surface area contributed by atoms with Gasteiger partial charge in [0.1, 0.15) is 6.33 Å². The molecule has 28 heavy (non-hydrogen) atoms. The van der Waals surface area contributed by atoms with E-state index >= 15 is 0 Å². The number of hydrogen-bond acceptors (Lipinski definition) is 6. The van der Waals surface area contributed by atoms with Gasteiger partial charge in [-0.25, -0.2) is 0 Å². The van der Waals surface area contributed by atoms with Gasteiger partial charge in [-0.05, 0) is 31.2 Å². The van der Waals surface area contributed by atoms with Gasteiger partial charge in [-0.15, -0.1) is 10.2 Å². The van der Waals surface area contributed by atoms with E-state index in [0.717, 1.165) is 42.7 Å². The maximum absolute atomic E-state index is 12.6. The van der Waals surface area contributed by atoms with Crippen LogP contribution in [0.2, 0.25) is 0 Å². The summed E-state index contributed by atoms with van der Waals surface area (Å²) in [5, 5.41) is 8.91. The second-order valence-electron chi connectivity index (χ2n) is 6.68. The average molecular weight is 395 g/mol. The number of amides is 1. The minimum absolute atomic E-state index is 0.137. The zero-order chi connectivity index (χ0) is 19.3. The van der Waals surface area contributed by atoms with Crippen molar-refractivity contribution in [3.63, 3.8) is 0 Å². The number of benzene rings is 1. The smallest absolute Gasteiger partial charge is 0.233 e. The monoisotopic (exact) mass is 394 g/mol. The quantitative estimate of drug-likeness (QED) is 0.619. The standard InChI is InChI=1S/C20H22N6OS/c1-16-2-4-18(5-3-16)26-15-22-23-20(26)28-14-19(27)25-12-10-24(11-13-25)17-6-8-21-9-7-17/h2-9,15H,10-14H2,1H3. The Labute approximate surface area is 168 Å². The Hall–Kier alpha value is -2.87. The van der Waals surface area contributed by atoms with E-state index in [1.54, 1.807) is 18.7 Å². The summed E-state index contributed by atoms with van der Waals surface area (Å²) in [5.41, 5.74) is 3.35. The number of aromatic nitrogens is 4. The molecule has 0 N–H and O–H groups in total. The molecule has 1 amide bonds. The third-order valence-electron chi connectivity index (χ3n) is 4.81. The molecule has 0 radical (unpaired) electrons. The molecular weight excluding hydrogens is 372 g/mol. The molecule has 0 unspecified atom stereocenters. The number of aryl methyl sites for hydroxylation is 1. The molecule has 4 rings (SSSR count). The second kappa shape index (κ2) is 8.43. The number of hydrogen-bond donors (Lipinski definition) is 0. The number of anilines is 1. The fourth-order valence-corrected chi connectivity index (χ4v) is 4.02. The highest BCUT2D eigenvalue weighted by molar-refractivity contribution is 7.99. The fourth-order valence-electron chi connectivity index (χ4n) is 3.19. The number of pyridine rings is 1. The van der Waals surface area contributed by atoms with E-state index in [-0.39, 0.29) is 5.91 Å². The van der Waals surface area contributed by atoms with E-state index in [0.29, 0.717) is 5.75 Å². The van der Waals surface area contributed by atoms with Crippen molar-refractivity contribution in [1.82, 2.24) is 24.6 Å². The molecule has 1 saturated heterocycles. The maximum atomic E-state index is 12.6. The Kier molecular flexibility index (Phi) is 5.57. The third-order valence-corrected chi connectivity index (χ3v) is 5.74. The van der Waals surface area contributed by atoms with Crippen LogP contribution in [0.5, 0.6) is 0 Å². The first-order valence-corrected chi connectivity index (χ1v) is 10.2. The molecule has 0 saturated carbocycles. The van der Waals surface area contributed by atoms with E-state index in [1.807, 2.05) is 33.7 Å². The first-order valence-electron chi connectivity index (χ1n) is 9.23. The summed E-state index contributed by atoms with van der Waals surface area (Å²) in [6.45, 7) is 5.18. The summed E-state index contributed by atoms with van der Waals surface area (Å²) in [6.07, 6.45) is 5.28. The van der Waals surface area contributed by atoms with Crippen LogP contribution >= 0.6 is 11.8 Å². The molecule has 2 aromatic heterocycles. The van der Waals surface area contributed by atoms with Crippen molar-refractivity contribution in [2.75, 3.05) is 36.8 Å². The number of piperazine rings is 1. The number of nitrogens with zero attached hydrogens (tertiary/aromatic N) is 6. The first-order chi connectivity index (χ1) is 13.7. The van der Waals surface area contributed by atoms with Crippen molar-refractivity contribution in [2.45, 2.75) is 12.1 Å². The number of thioether (sulfide) groups is 1. The SMILES string of the molecule is Cc1ccc(-n2cnnc2SCC(=O)N2CCN(c3ccncc3)CC2)cc1. The van der Waals surface area contributed by atoms with Crippen LogP contribution < -0.4 is 4.90 Å². The minimum atomic E-state index is 0.137. The van der Waals surface area contributed by atoms with E-state index in [4.69, 9.17) is 0 Å². The van der Waals surface area contributed by atoms with Crippen LogP contribution in [0.3, 0.4) is 0 Å². The van der Waals surface area contributed by atoms with Crippen LogP contribution in [-0.2, 0) is 4.79 Å². The molecule has 144 valence electrons. The van der Waals surface area contributed by atoms with Crippen molar-refractivity contribution in [3.8, 4) is 5.69 Å². The Morgan fingerprint density at radius 2 is 1.71 bits per heavy atom. The number of carbonyl (C=O) groups excluding carboxylic acids is 1. The van der Waals surface area contributed by atoms with Gasteiger partial charge in [-0.3, -0.25) is 14.3 Å². The molecule has 0 atom stereocenters. The molecule has 1 fully saturated rings. The highest BCUT2D eigenvalue weighted by atomic mass is 32.2. The van der Waals surface area contributed by atoms with Gasteiger partial charge >= 0.3 is 0 Å². The molecule has 1 aliphatic rings. The Morgan fingerprint density at radius 3 is 2.43 bits per heavy atom. The van der Waals surface area contributed by atoms with E-state index in [2.05, 4.69) is 39.1 Å². The lowest BCUT2D eigenvalue weighted by atomic mass is 10.2. The summed E-state index contributed by atoms with van der Waals surface area (Å²) >= 11 is 1.43. The van der Waals surface area contributed by atoms with Gasteiger partial charge in [0.25, 0.3) is 0 Å². The fraction of sp³-hybridized carbons (Fsp3) is 0.300. The van der Waals surface area contributed by atoms with Crippen LogP contribution in [0.4, 0.5) is 5.69 Å². The van der Waals surface area contributed by atoms with Crippen molar-refractivity contribution in [1.29, 1.82) is 0 Å². The predicted octanol–water partition coefficient (Wildman–Crippen LogP) is 2.41. The molecule has 1 aromatic carbocycles. The number of rotatable bonds is 5. The van der Waals surface area contributed by atoms with Gasteiger partial charge in [0, 0.05) is 49.9 Å². The summed E-state index contributed by atoms with van der Waals surface area (Å²) < 4.78 is 1.92. The van der Waals surface area contributed by atoms with Gasteiger partial charge in [0.2, 0.25) is 5.91 Å². The van der Waals surface area contributed by atoms with Crippen LogP contribution in [0.15, 0.2) is 60.3 Å². The molecule has 3 aromatic rings. The highest BCUT2D eigenvalue weighted by Gasteiger charge is 2.22. The molecule has 1 aliphatic heterocycles. The average Bonchev–Trinajstić information content (AvgIpc) is 3.22.